The van der Waals surface area contributed by atoms with Crippen LogP contribution in [0, 0.1) is 5.92 Å². The van der Waals surface area contributed by atoms with Crippen molar-refractivity contribution in [2.45, 2.75) is 11.8 Å². The fourth-order valence-electron chi connectivity index (χ4n) is 2.40. The van der Waals surface area contributed by atoms with Gasteiger partial charge in [0.1, 0.15) is 0 Å². The van der Waals surface area contributed by atoms with E-state index in [9.17, 15) is 3.89 Å². The largest absolute Gasteiger partial charge is 0.375 e. The summed E-state index contributed by atoms with van der Waals surface area (Å²) in [7, 11) is 0. The molecule has 0 unspecified atom stereocenters. The van der Waals surface area contributed by atoms with Gasteiger partial charge in [0.15, 0.2) is 0 Å². The Labute approximate surface area is 128 Å². The van der Waals surface area contributed by atoms with Crippen LogP contribution in [0.2, 0.25) is 0 Å². The van der Waals surface area contributed by atoms with Crippen LogP contribution in [-0.4, -0.2) is 53.3 Å². The van der Waals surface area contributed by atoms with Gasteiger partial charge < -0.3 is 9.80 Å². The number of hydrogen-bond donors (Lipinski definition) is 0. The zero-order chi connectivity index (χ0) is 14.8. The number of hydrogen-bond acceptors (Lipinski definition) is 6. The van der Waals surface area contributed by atoms with Gasteiger partial charge in [0.05, 0.1) is 35.8 Å². The standard InChI is InChI=1S/C14H18FN5S/c1-10(2)19-6-11(7-19)3-16-12-8-20(9-12)14-17-4-13(21-15)5-18-14/h4-5,11H,1,3,6-9H2,2H3. The molecule has 0 radical (unpaired) electrons. The fourth-order valence-corrected chi connectivity index (χ4v) is 2.59. The van der Waals surface area contributed by atoms with Crippen LogP contribution in [0.3, 0.4) is 0 Å². The molecular formula is C14H18FN5S. The lowest BCUT2D eigenvalue weighted by Gasteiger charge is -2.41. The van der Waals surface area contributed by atoms with Crippen molar-refractivity contribution >= 4 is 23.8 Å². The molecule has 2 saturated heterocycles. The third kappa shape index (κ3) is 3.18. The number of rotatable bonds is 5. The average molecular weight is 307 g/mol. The molecule has 1 aromatic heterocycles. The van der Waals surface area contributed by atoms with Gasteiger partial charge in [0, 0.05) is 43.6 Å². The second-order valence-electron chi connectivity index (χ2n) is 5.57. The molecule has 7 heteroatoms. The first-order chi connectivity index (χ1) is 10.2. The highest BCUT2D eigenvalue weighted by Gasteiger charge is 2.28. The Hall–Kier alpha value is -1.63. The van der Waals surface area contributed by atoms with Gasteiger partial charge in [-0.15, -0.1) is 0 Å². The molecule has 112 valence electrons. The molecule has 2 fully saturated rings. The minimum atomic E-state index is 0.160. The molecule has 3 rings (SSSR count). The van der Waals surface area contributed by atoms with Crippen LogP contribution in [0.5, 0.6) is 0 Å². The predicted octanol–water partition coefficient (Wildman–Crippen LogP) is 2.18. The van der Waals surface area contributed by atoms with E-state index in [0.29, 0.717) is 16.8 Å². The molecule has 0 spiro atoms. The quantitative estimate of drug-likeness (QED) is 0.834. The van der Waals surface area contributed by atoms with Crippen LogP contribution in [0.1, 0.15) is 6.92 Å². The van der Waals surface area contributed by atoms with Crippen molar-refractivity contribution in [2.24, 2.45) is 10.9 Å². The summed E-state index contributed by atoms with van der Waals surface area (Å²) in [5.74, 6) is 1.30. The van der Waals surface area contributed by atoms with Crippen molar-refractivity contribution in [3.8, 4) is 0 Å². The Bertz CT molecular complexity index is 545. The summed E-state index contributed by atoms with van der Waals surface area (Å²) >= 11 is 0.160. The molecule has 0 saturated carbocycles. The van der Waals surface area contributed by atoms with Crippen molar-refractivity contribution in [3.63, 3.8) is 0 Å². The first kappa shape index (κ1) is 14.3. The SMILES string of the molecule is C=C(C)N1CC(CN=C2CN(c3ncc(SF)cn3)C2)C1. The highest BCUT2D eigenvalue weighted by atomic mass is 32.2. The lowest BCUT2D eigenvalue weighted by Crippen LogP contribution is -2.50. The molecule has 0 amide bonds. The Morgan fingerprint density at radius 2 is 2.10 bits per heavy atom. The van der Waals surface area contributed by atoms with Crippen LogP contribution in [-0.2, 0) is 0 Å². The van der Waals surface area contributed by atoms with E-state index >= 15 is 0 Å². The Balaban J connectivity index is 1.43. The van der Waals surface area contributed by atoms with Crippen LogP contribution >= 0.6 is 12.1 Å². The van der Waals surface area contributed by atoms with Crippen molar-refractivity contribution in [3.05, 3.63) is 24.7 Å². The van der Waals surface area contributed by atoms with E-state index < -0.39 is 0 Å². The van der Waals surface area contributed by atoms with Crippen molar-refractivity contribution in [1.82, 2.24) is 14.9 Å². The third-order valence-corrected chi connectivity index (χ3v) is 4.19. The van der Waals surface area contributed by atoms with Gasteiger partial charge in [-0.3, -0.25) is 4.99 Å². The molecule has 0 bridgehead atoms. The zero-order valence-electron chi connectivity index (χ0n) is 12.0. The predicted molar refractivity (Wildman–Crippen MR) is 83.4 cm³/mol. The second kappa shape index (κ2) is 6.01. The highest BCUT2D eigenvalue weighted by molar-refractivity contribution is 7.94. The molecule has 21 heavy (non-hydrogen) atoms. The summed E-state index contributed by atoms with van der Waals surface area (Å²) in [5.41, 5.74) is 2.33. The van der Waals surface area contributed by atoms with E-state index in [2.05, 4.69) is 26.4 Å². The first-order valence-electron chi connectivity index (χ1n) is 6.94. The fraction of sp³-hybridized carbons (Fsp3) is 0.500. The van der Waals surface area contributed by atoms with Crippen molar-refractivity contribution in [1.29, 1.82) is 0 Å². The lowest BCUT2D eigenvalue weighted by molar-refractivity contribution is 0.151. The average Bonchev–Trinajstić information content (AvgIpc) is 2.39. The topological polar surface area (TPSA) is 44.6 Å². The number of halogens is 1. The maximum absolute atomic E-state index is 12.3. The van der Waals surface area contributed by atoms with E-state index in [1.54, 1.807) is 0 Å². The summed E-state index contributed by atoms with van der Waals surface area (Å²) in [6.45, 7) is 10.6. The second-order valence-corrected chi connectivity index (χ2v) is 6.19. The van der Waals surface area contributed by atoms with Gasteiger partial charge in [-0.05, 0) is 6.92 Å². The molecule has 0 atom stereocenters. The van der Waals surface area contributed by atoms with Gasteiger partial charge >= 0.3 is 0 Å². The number of anilines is 1. The van der Waals surface area contributed by atoms with E-state index in [-0.39, 0.29) is 12.1 Å². The molecule has 2 aliphatic rings. The lowest BCUT2D eigenvalue weighted by atomic mass is 9.99. The van der Waals surface area contributed by atoms with Gasteiger partial charge in [-0.2, -0.15) is 3.89 Å². The van der Waals surface area contributed by atoms with Crippen LogP contribution in [0.4, 0.5) is 9.83 Å². The monoisotopic (exact) mass is 307 g/mol. The number of aromatic nitrogens is 2. The number of nitrogens with zero attached hydrogens (tertiary/aromatic N) is 5. The van der Waals surface area contributed by atoms with Crippen molar-refractivity contribution < 1.29 is 3.89 Å². The number of likely N-dealkylation sites (tertiary alicyclic amines) is 1. The maximum atomic E-state index is 12.3. The summed E-state index contributed by atoms with van der Waals surface area (Å²) in [6, 6.07) is 0. The van der Waals surface area contributed by atoms with E-state index in [1.807, 2.05) is 11.8 Å². The van der Waals surface area contributed by atoms with Gasteiger partial charge in [-0.25, -0.2) is 9.97 Å². The Kier molecular flexibility index (Phi) is 4.10. The molecule has 0 N–H and O–H groups in total. The smallest absolute Gasteiger partial charge is 0.226 e. The summed E-state index contributed by atoms with van der Waals surface area (Å²) in [6.07, 6.45) is 3.01. The van der Waals surface area contributed by atoms with Crippen molar-refractivity contribution in [2.75, 3.05) is 37.6 Å². The van der Waals surface area contributed by atoms with E-state index in [4.69, 9.17) is 0 Å². The molecule has 5 nitrogen and oxygen atoms in total. The molecule has 1 aromatic rings. The number of aliphatic imine (C=N–C) groups is 1. The van der Waals surface area contributed by atoms with Gasteiger partial charge in [-0.1, -0.05) is 6.58 Å². The maximum Gasteiger partial charge on any atom is 0.226 e. The Morgan fingerprint density at radius 1 is 1.43 bits per heavy atom. The third-order valence-electron chi connectivity index (χ3n) is 3.80. The van der Waals surface area contributed by atoms with Crippen LogP contribution in [0.15, 0.2) is 34.6 Å². The first-order valence-corrected chi connectivity index (χ1v) is 7.65. The zero-order valence-corrected chi connectivity index (χ0v) is 12.8. The molecule has 3 heterocycles. The van der Waals surface area contributed by atoms with E-state index in [0.717, 1.165) is 38.4 Å². The van der Waals surface area contributed by atoms with Gasteiger partial charge in [0.25, 0.3) is 0 Å². The molecular weight excluding hydrogens is 289 g/mol. The Morgan fingerprint density at radius 3 is 2.67 bits per heavy atom. The summed E-state index contributed by atoms with van der Waals surface area (Å²) < 4.78 is 12.3. The normalized spacial score (nSPS) is 18.3. The van der Waals surface area contributed by atoms with Crippen LogP contribution < -0.4 is 4.90 Å². The number of allylic oxidation sites excluding steroid dienone is 1. The molecule has 2 aliphatic heterocycles. The van der Waals surface area contributed by atoms with Gasteiger partial charge in [0.2, 0.25) is 5.95 Å². The minimum absolute atomic E-state index is 0.160. The molecule has 0 aliphatic carbocycles. The van der Waals surface area contributed by atoms with E-state index in [1.165, 1.54) is 18.1 Å². The minimum Gasteiger partial charge on any atom is -0.375 e. The molecule has 0 aromatic carbocycles. The van der Waals surface area contributed by atoms with Crippen LogP contribution in [0.25, 0.3) is 0 Å². The summed E-state index contributed by atoms with van der Waals surface area (Å²) in [4.78, 5) is 17.7. The highest BCUT2D eigenvalue weighted by Crippen LogP contribution is 2.22. The summed E-state index contributed by atoms with van der Waals surface area (Å²) in [5, 5.41) is 0.